The van der Waals surface area contributed by atoms with Crippen molar-refractivity contribution in [3.8, 4) is 0 Å². The highest BCUT2D eigenvalue weighted by Gasteiger charge is 2.42. The van der Waals surface area contributed by atoms with Crippen molar-refractivity contribution >= 4 is 11.6 Å². The first-order valence-corrected chi connectivity index (χ1v) is 7.31. The average molecular weight is 270 g/mol. The van der Waals surface area contributed by atoms with Gasteiger partial charge in [-0.1, -0.05) is 24.3 Å². The van der Waals surface area contributed by atoms with E-state index >= 15 is 0 Å². The molecule has 4 atom stereocenters. The van der Waals surface area contributed by atoms with Crippen LogP contribution >= 0.6 is 0 Å². The molecule has 106 valence electrons. The van der Waals surface area contributed by atoms with Gasteiger partial charge in [0.05, 0.1) is 0 Å². The van der Waals surface area contributed by atoms with Crippen molar-refractivity contribution in [2.24, 2.45) is 23.7 Å². The van der Waals surface area contributed by atoms with Crippen LogP contribution in [0.25, 0.3) is 0 Å². The lowest BCUT2D eigenvalue weighted by Gasteiger charge is -2.37. The summed E-state index contributed by atoms with van der Waals surface area (Å²) < 4.78 is 0. The number of carbonyl (C=O) groups excluding carboxylic acids is 2. The molecule has 0 aromatic carbocycles. The molecule has 2 aliphatic carbocycles. The molecular formula is C18H22O2. The standard InChI is InChI=1S/C18H22O2/c1-3-7-13-9-5-11-15(19)17(13)18-14(8-4-2)10-6-12-16(18)20/h3-6,11-14,17-18H,1-2,7-10H2/t13-,14?,17+,18?/m1/s1. The van der Waals surface area contributed by atoms with Gasteiger partial charge in [0, 0.05) is 11.8 Å². The maximum atomic E-state index is 12.4. The van der Waals surface area contributed by atoms with Crippen LogP contribution in [0.1, 0.15) is 25.7 Å². The molecule has 0 saturated heterocycles. The second kappa shape index (κ2) is 6.65. The molecule has 0 saturated carbocycles. The molecule has 0 N–H and O–H groups in total. The molecule has 0 aromatic heterocycles. The van der Waals surface area contributed by atoms with E-state index in [1.807, 2.05) is 24.3 Å². The van der Waals surface area contributed by atoms with Gasteiger partial charge < -0.3 is 0 Å². The van der Waals surface area contributed by atoms with E-state index in [-0.39, 0.29) is 35.2 Å². The molecule has 2 aliphatic rings. The third-order valence-corrected chi connectivity index (χ3v) is 4.44. The topological polar surface area (TPSA) is 34.1 Å². The summed E-state index contributed by atoms with van der Waals surface area (Å²) in [6, 6.07) is 0. The van der Waals surface area contributed by atoms with Gasteiger partial charge in [0.2, 0.25) is 0 Å². The van der Waals surface area contributed by atoms with Crippen molar-refractivity contribution in [3.05, 3.63) is 49.6 Å². The summed E-state index contributed by atoms with van der Waals surface area (Å²) in [6.07, 6.45) is 14.2. The smallest absolute Gasteiger partial charge is 0.159 e. The highest BCUT2D eigenvalue weighted by atomic mass is 16.1. The van der Waals surface area contributed by atoms with Crippen molar-refractivity contribution < 1.29 is 9.59 Å². The predicted molar refractivity (Wildman–Crippen MR) is 81.1 cm³/mol. The van der Waals surface area contributed by atoms with Crippen LogP contribution in [0.2, 0.25) is 0 Å². The van der Waals surface area contributed by atoms with Gasteiger partial charge in [-0.05, 0) is 49.7 Å². The van der Waals surface area contributed by atoms with Crippen LogP contribution in [0.15, 0.2) is 49.6 Å². The molecule has 20 heavy (non-hydrogen) atoms. The Morgan fingerprint density at radius 2 is 1.30 bits per heavy atom. The van der Waals surface area contributed by atoms with Gasteiger partial charge >= 0.3 is 0 Å². The van der Waals surface area contributed by atoms with Crippen LogP contribution in [0.5, 0.6) is 0 Å². The molecule has 2 unspecified atom stereocenters. The van der Waals surface area contributed by atoms with Gasteiger partial charge in [0.1, 0.15) is 0 Å². The summed E-state index contributed by atoms with van der Waals surface area (Å²) in [5.41, 5.74) is 0. The van der Waals surface area contributed by atoms with E-state index in [0.29, 0.717) is 0 Å². The van der Waals surface area contributed by atoms with Crippen LogP contribution in [0.4, 0.5) is 0 Å². The Morgan fingerprint density at radius 3 is 1.65 bits per heavy atom. The molecule has 0 heterocycles. The van der Waals surface area contributed by atoms with Crippen molar-refractivity contribution in [2.45, 2.75) is 25.7 Å². The molecule has 2 heteroatoms. The molecule has 2 nitrogen and oxygen atoms in total. The average Bonchev–Trinajstić information content (AvgIpc) is 2.42. The SMILES string of the molecule is C=CCC1CC=CC(=O)C1[C@@H]1C(=O)C=CC[C@H]1CC=C. The fourth-order valence-corrected chi connectivity index (χ4v) is 3.55. The largest absolute Gasteiger partial charge is 0.295 e. The number of rotatable bonds is 5. The first kappa shape index (κ1) is 14.7. The van der Waals surface area contributed by atoms with Crippen LogP contribution in [0, 0.1) is 23.7 Å². The molecule has 0 amide bonds. The lowest BCUT2D eigenvalue weighted by Crippen LogP contribution is -2.41. The van der Waals surface area contributed by atoms with E-state index in [0.717, 1.165) is 25.7 Å². The quantitative estimate of drug-likeness (QED) is 0.714. The van der Waals surface area contributed by atoms with Crippen molar-refractivity contribution in [1.29, 1.82) is 0 Å². The Kier molecular flexibility index (Phi) is 4.89. The molecule has 0 fully saturated rings. The number of allylic oxidation sites excluding steroid dienone is 6. The Hall–Kier alpha value is -1.70. The third-order valence-electron chi connectivity index (χ3n) is 4.44. The van der Waals surface area contributed by atoms with Crippen LogP contribution < -0.4 is 0 Å². The van der Waals surface area contributed by atoms with Gasteiger partial charge in [-0.25, -0.2) is 0 Å². The Balaban J connectivity index is 2.32. The summed E-state index contributed by atoms with van der Waals surface area (Å²) >= 11 is 0. The monoisotopic (exact) mass is 270 g/mol. The number of hydrogen-bond donors (Lipinski definition) is 0. The van der Waals surface area contributed by atoms with E-state index in [4.69, 9.17) is 0 Å². The number of carbonyl (C=O) groups is 2. The minimum Gasteiger partial charge on any atom is -0.295 e. The summed E-state index contributed by atoms with van der Waals surface area (Å²) in [4.78, 5) is 24.7. The first-order valence-electron chi connectivity index (χ1n) is 7.31. The van der Waals surface area contributed by atoms with Crippen LogP contribution in [0.3, 0.4) is 0 Å². The fraction of sp³-hybridized carbons (Fsp3) is 0.444. The minimum absolute atomic E-state index is 0.103. The number of hydrogen-bond acceptors (Lipinski definition) is 2. The highest BCUT2D eigenvalue weighted by molar-refractivity contribution is 6.00. The van der Waals surface area contributed by atoms with Crippen molar-refractivity contribution in [1.82, 2.24) is 0 Å². The Bertz CT molecular complexity index is 426. The summed E-state index contributed by atoms with van der Waals surface area (Å²) in [5, 5.41) is 0. The van der Waals surface area contributed by atoms with E-state index in [1.165, 1.54) is 0 Å². The summed E-state index contributed by atoms with van der Waals surface area (Å²) in [5.74, 6) is 0.230. The minimum atomic E-state index is -0.194. The molecule has 0 radical (unpaired) electrons. The molecule has 0 aliphatic heterocycles. The van der Waals surface area contributed by atoms with Crippen LogP contribution in [-0.4, -0.2) is 11.6 Å². The zero-order valence-corrected chi connectivity index (χ0v) is 11.8. The van der Waals surface area contributed by atoms with Crippen molar-refractivity contribution in [2.75, 3.05) is 0 Å². The van der Waals surface area contributed by atoms with Gasteiger partial charge in [-0.2, -0.15) is 0 Å². The lowest BCUT2D eigenvalue weighted by atomic mass is 9.64. The Morgan fingerprint density at radius 1 is 0.900 bits per heavy atom. The van der Waals surface area contributed by atoms with E-state index in [2.05, 4.69) is 13.2 Å². The first-order chi connectivity index (χ1) is 9.69. The maximum absolute atomic E-state index is 12.4. The number of ketones is 2. The normalized spacial score (nSPS) is 33.2. The van der Waals surface area contributed by atoms with E-state index in [9.17, 15) is 9.59 Å². The highest BCUT2D eigenvalue weighted by Crippen LogP contribution is 2.40. The third kappa shape index (κ3) is 2.90. The van der Waals surface area contributed by atoms with E-state index in [1.54, 1.807) is 12.2 Å². The van der Waals surface area contributed by atoms with Gasteiger partial charge in [-0.15, -0.1) is 13.2 Å². The van der Waals surface area contributed by atoms with Gasteiger partial charge in [-0.3, -0.25) is 9.59 Å². The summed E-state index contributed by atoms with van der Waals surface area (Å²) in [6.45, 7) is 7.57. The molecule has 0 bridgehead atoms. The summed E-state index contributed by atoms with van der Waals surface area (Å²) in [7, 11) is 0. The molecular weight excluding hydrogens is 248 g/mol. The molecule has 2 rings (SSSR count). The zero-order chi connectivity index (χ0) is 14.5. The second-order valence-corrected chi connectivity index (χ2v) is 5.70. The van der Waals surface area contributed by atoms with Gasteiger partial charge in [0.25, 0.3) is 0 Å². The predicted octanol–water partition coefficient (Wildman–Crippen LogP) is 3.66. The van der Waals surface area contributed by atoms with Gasteiger partial charge in [0.15, 0.2) is 11.6 Å². The lowest BCUT2D eigenvalue weighted by molar-refractivity contribution is -0.132. The maximum Gasteiger partial charge on any atom is 0.159 e. The van der Waals surface area contributed by atoms with Crippen molar-refractivity contribution in [3.63, 3.8) is 0 Å². The fourth-order valence-electron chi connectivity index (χ4n) is 3.55. The molecule has 0 aromatic rings. The van der Waals surface area contributed by atoms with Crippen LogP contribution in [-0.2, 0) is 9.59 Å². The van der Waals surface area contributed by atoms with E-state index < -0.39 is 0 Å². The Labute approximate surface area is 120 Å². The zero-order valence-electron chi connectivity index (χ0n) is 11.8. The second-order valence-electron chi connectivity index (χ2n) is 5.70. The molecule has 0 spiro atoms.